The van der Waals surface area contributed by atoms with Crippen LogP contribution in [-0.4, -0.2) is 0 Å². The third-order valence-corrected chi connectivity index (χ3v) is 2.74. The van der Waals surface area contributed by atoms with Gasteiger partial charge in [-0.05, 0) is 42.4 Å². The highest BCUT2D eigenvalue weighted by atomic mass is 14.2. The maximum atomic E-state index is 8.71. The molecule has 0 N–H and O–H groups in total. The molecular weight excluding hydrogens is 170 g/mol. The number of hydrogen-bond donors (Lipinski definition) is 0. The number of nitriles is 1. The van der Waals surface area contributed by atoms with Gasteiger partial charge in [0.05, 0.1) is 6.07 Å². The van der Waals surface area contributed by atoms with Crippen molar-refractivity contribution in [2.75, 3.05) is 0 Å². The Bertz CT molecular complexity index is 396. The molecule has 2 rings (SSSR count). The third kappa shape index (κ3) is 1.70. The van der Waals surface area contributed by atoms with Crippen LogP contribution in [-0.2, 0) is 6.42 Å². The first-order chi connectivity index (χ1) is 6.92. The summed E-state index contributed by atoms with van der Waals surface area (Å²) in [5.41, 5.74) is 3.89. The van der Waals surface area contributed by atoms with Gasteiger partial charge in [0, 0.05) is 6.08 Å². The van der Waals surface area contributed by atoms with E-state index in [0.717, 1.165) is 12.8 Å². The van der Waals surface area contributed by atoms with Gasteiger partial charge in [0.1, 0.15) is 0 Å². The van der Waals surface area contributed by atoms with Gasteiger partial charge in [-0.1, -0.05) is 24.3 Å². The molecule has 0 aliphatic heterocycles. The molecule has 1 heteroatoms. The van der Waals surface area contributed by atoms with Crippen molar-refractivity contribution in [1.29, 1.82) is 5.26 Å². The Balaban J connectivity index is 2.48. The first-order valence-electron chi connectivity index (χ1n) is 5.09. The smallest absolute Gasteiger partial charge is 0.0915 e. The molecule has 1 aromatic rings. The summed E-state index contributed by atoms with van der Waals surface area (Å²) in [7, 11) is 0. The Morgan fingerprint density at radius 3 is 2.79 bits per heavy atom. The molecule has 1 aliphatic carbocycles. The van der Waals surface area contributed by atoms with E-state index < -0.39 is 0 Å². The monoisotopic (exact) mass is 183 g/mol. The van der Waals surface area contributed by atoms with E-state index in [0.29, 0.717) is 0 Å². The third-order valence-electron chi connectivity index (χ3n) is 2.74. The minimum atomic E-state index is 1.05. The molecule has 0 atom stereocenters. The molecule has 0 saturated carbocycles. The van der Waals surface area contributed by atoms with Crippen molar-refractivity contribution in [1.82, 2.24) is 0 Å². The molecular formula is C13H13N. The summed E-state index contributed by atoms with van der Waals surface area (Å²) in [6.07, 6.45) is 6.33. The van der Waals surface area contributed by atoms with Gasteiger partial charge in [0.25, 0.3) is 0 Å². The number of fused-ring (bicyclic) bond motifs is 1. The van der Waals surface area contributed by atoms with E-state index in [-0.39, 0.29) is 0 Å². The van der Waals surface area contributed by atoms with Crippen molar-refractivity contribution in [3.05, 3.63) is 41.5 Å². The molecule has 1 aliphatic rings. The van der Waals surface area contributed by atoms with Crippen LogP contribution in [0.1, 0.15) is 30.4 Å². The average Bonchev–Trinajstić information content (AvgIpc) is 2.42. The molecule has 0 radical (unpaired) electrons. The molecule has 0 fully saturated rings. The van der Waals surface area contributed by atoms with Gasteiger partial charge >= 0.3 is 0 Å². The van der Waals surface area contributed by atoms with E-state index in [9.17, 15) is 0 Å². The zero-order chi connectivity index (χ0) is 9.80. The highest BCUT2D eigenvalue weighted by molar-refractivity contribution is 5.70. The maximum Gasteiger partial charge on any atom is 0.0915 e. The second kappa shape index (κ2) is 4.11. The quantitative estimate of drug-likeness (QED) is 0.447. The van der Waals surface area contributed by atoms with Crippen LogP contribution in [0.15, 0.2) is 30.3 Å². The molecule has 0 spiro atoms. The van der Waals surface area contributed by atoms with Crippen LogP contribution in [0.4, 0.5) is 0 Å². The van der Waals surface area contributed by atoms with Crippen LogP contribution < -0.4 is 0 Å². The van der Waals surface area contributed by atoms with E-state index >= 15 is 0 Å². The molecule has 0 unspecified atom stereocenters. The van der Waals surface area contributed by atoms with Crippen molar-refractivity contribution in [2.24, 2.45) is 0 Å². The number of allylic oxidation sites excluding steroid dienone is 2. The van der Waals surface area contributed by atoms with Gasteiger partial charge in [-0.15, -0.1) is 0 Å². The summed E-state index contributed by atoms with van der Waals surface area (Å²) in [4.78, 5) is 0. The van der Waals surface area contributed by atoms with Crippen LogP contribution in [0, 0.1) is 11.3 Å². The van der Waals surface area contributed by atoms with Gasteiger partial charge in [0.15, 0.2) is 0 Å². The Kier molecular flexibility index (Phi) is 2.65. The van der Waals surface area contributed by atoms with Gasteiger partial charge in [0.2, 0.25) is 0 Å². The lowest BCUT2D eigenvalue weighted by molar-refractivity contribution is 0.771. The molecule has 1 nitrogen and oxygen atoms in total. The Hall–Kier alpha value is -1.55. The van der Waals surface area contributed by atoms with Crippen molar-refractivity contribution in [3.63, 3.8) is 0 Å². The SMILES string of the molecule is N#CC=C1CCCCc2ccccc21. The van der Waals surface area contributed by atoms with E-state index in [2.05, 4.69) is 30.3 Å². The van der Waals surface area contributed by atoms with Crippen LogP contribution in [0.3, 0.4) is 0 Å². The van der Waals surface area contributed by atoms with E-state index in [4.69, 9.17) is 5.26 Å². The minimum Gasteiger partial charge on any atom is -0.193 e. The predicted octanol–water partition coefficient (Wildman–Crippen LogP) is 3.32. The topological polar surface area (TPSA) is 23.8 Å². The molecule has 0 heterocycles. The van der Waals surface area contributed by atoms with Crippen molar-refractivity contribution in [2.45, 2.75) is 25.7 Å². The number of aryl methyl sites for hydroxylation is 1. The summed E-state index contributed by atoms with van der Waals surface area (Å²) in [5, 5.41) is 8.71. The molecule has 70 valence electrons. The highest BCUT2D eigenvalue weighted by Gasteiger charge is 2.10. The number of hydrogen-bond acceptors (Lipinski definition) is 1. The van der Waals surface area contributed by atoms with Crippen molar-refractivity contribution >= 4 is 5.57 Å². The zero-order valence-electron chi connectivity index (χ0n) is 8.16. The number of rotatable bonds is 0. The summed E-state index contributed by atoms with van der Waals surface area (Å²) in [5.74, 6) is 0. The fourth-order valence-electron chi connectivity index (χ4n) is 2.04. The van der Waals surface area contributed by atoms with Gasteiger partial charge in [-0.3, -0.25) is 0 Å². The molecule has 0 bridgehead atoms. The first kappa shape index (κ1) is 9.02. The second-order valence-corrected chi connectivity index (χ2v) is 3.66. The van der Waals surface area contributed by atoms with E-state index in [1.54, 1.807) is 6.08 Å². The predicted molar refractivity (Wildman–Crippen MR) is 57.6 cm³/mol. The van der Waals surface area contributed by atoms with E-state index in [1.165, 1.54) is 29.5 Å². The first-order valence-corrected chi connectivity index (χ1v) is 5.09. The Morgan fingerprint density at radius 1 is 1.14 bits per heavy atom. The molecule has 14 heavy (non-hydrogen) atoms. The maximum absolute atomic E-state index is 8.71. The molecule has 0 aromatic heterocycles. The zero-order valence-corrected chi connectivity index (χ0v) is 8.16. The van der Waals surface area contributed by atoms with Crippen LogP contribution in [0.5, 0.6) is 0 Å². The normalized spacial score (nSPS) is 18.4. The van der Waals surface area contributed by atoms with Gasteiger partial charge in [-0.25, -0.2) is 0 Å². The van der Waals surface area contributed by atoms with Crippen LogP contribution in [0.2, 0.25) is 0 Å². The summed E-state index contributed by atoms with van der Waals surface area (Å²) in [6, 6.07) is 10.6. The minimum absolute atomic E-state index is 1.05. The largest absolute Gasteiger partial charge is 0.193 e. The van der Waals surface area contributed by atoms with E-state index in [1.807, 2.05) is 0 Å². The lowest BCUT2D eigenvalue weighted by atomic mass is 9.98. The second-order valence-electron chi connectivity index (χ2n) is 3.66. The fraction of sp³-hybridized carbons (Fsp3) is 0.308. The highest BCUT2D eigenvalue weighted by Crippen LogP contribution is 2.28. The Morgan fingerprint density at radius 2 is 1.93 bits per heavy atom. The lowest BCUT2D eigenvalue weighted by Gasteiger charge is -2.06. The summed E-state index contributed by atoms with van der Waals surface area (Å²) < 4.78 is 0. The van der Waals surface area contributed by atoms with Crippen LogP contribution >= 0.6 is 0 Å². The van der Waals surface area contributed by atoms with Crippen molar-refractivity contribution in [3.8, 4) is 6.07 Å². The fourth-order valence-corrected chi connectivity index (χ4v) is 2.04. The van der Waals surface area contributed by atoms with Gasteiger partial charge < -0.3 is 0 Å². The summed E-state index contributed by atoms with van der Waals surface area (Å²) in [6.45, 7) is 0. The standard InChI is InChI=1S/C13H13N/c14-10-9-12-7-2-1-5-11-6-3-4-8-13(11)12/h3-4,6,8-9H,1-2,5,7H2. The number of benzene rings is 1. The summed E-state index contributed by atoms with van der Waals surface area (Å²) >= 11 is 0. The molecule has 1 aromatic carbocycles. The van der Waals surface area contributed by atoms with Crippen molar-refractivity contribution < 1.29 is 0 Å². The lowest BCUT2D eigenvalue weighted by Crippen LogP contribution is -1.88. The van der Waals surface area contributed by atoms with Crippen LogP contribution in [0.25, 0.3) is 5.57 Å². The molecule has 0 amide bonds. The number of nitrogens with zero attached hydrogens (tertiary/aromatic N) is 1. The van der Waals surface area contributed by atoms with Gasteiger partial charge in [-0.2, -0.15) is 5.26 Å². The average molecular weight is 183 g/mol. The Labute approximate surface area is 84.7 Å². The molecule has 0 saturated heterocycles.